The summed E-state index contributed by atoms with van der Waals surface area (Å²) in [6.07, 6.45) is 1.25. The lowest BCUT2D eigenvalue weighted by Crippen LogP contribution is -2.39. The molecular formula is C19H24N6O5. The van der Waals surface area contributed by atoms with E-state index in [9.17, 15) is 14.9 Å². The second kappa shape index (κ2) is 10.5. The number of aromatic nitrogens is 2. The van der Waals surface area contributed by atoms with Crippen molar-refractivity contribution in [2.45, 2.75) is 6.92 Å². The van der Waals surface area contributed by atoms with Crippen molar-refractivity contribution in [1.29, 1.82) is 0 Å². The maximum Gasteiger partial charge on any atom is 0.353 e. The molecule has 1 fully saturated rings. The predicted octanol–water partition coefficient (Wildman–Crippen LogP) is 2.05. The normalized spacial score (nSPS) is 14.2. The minimum atomic E-state index is -0.533. The molecule has 1 aliphatic rings. The summed E-state index contributed by atoms with van der Waals surface area (Å²) in [5.41, 5.74) is 0.546. The molecule has 3 rings (SSSR count). The van der Waals surface area contributed by atoms with Gasteiger partial charge in [-0.25, -0.2) is 14.8 Å². The molecule has 160 valence electrons. The monoisotopic (exact) mass is 416 g/mol. The Bertz CT molecular complexity index is 887. The molecule has 2 N–H and O–H groups in total. The van der Waals surface area contributed by atoms with Crippen LogP contribution in [0.3, 0.4) is 0 Å². The summed E-state index contributed by atoms with van der Waals surface area (Å²) in [5.74, 6) is -0.305. The molecule has 0 atom stereocenters. The Morgan fingerprint density at radius 1 is 1.30 bits per heavy atom. The Kier molecular flexibility index (Phi) is 7.46. The lowest BCUT2D eigenvalue weighted by Gasteiger charge is -2.26. The molecule has 1 aromatic heterocycles. The highest BCUT2D eigenvalue weighted by Gasteiger charge is 2.23. The Labute approximate surface area is 173 Å². The third-order valence-electron chi connectivity index (χ3n) is 4.47. The molecule has 2 heterocycles. The van der Waals surface area contributed by atoms with E-state index < -0.39 is 10.9 Å². The van der Waals surface area contributed by atoms with Gasteiger partial charge in [-0.3, -0.25) is 15.0 Å². The summed E-state index contributed by atoms with van der Waals surface area (Å²) in [6.45, 7) is 6.23. The first-order chi connectivity index (χ1) is 14.6. The van der Waals surface area contributed by atoms with Gasteiger partial charge in [0.2, 0.25) is 11.6 Å². The van der Waals surface area contributed by atoms with Crippen LogP contribution in [0.5, 0.6) is 0 Å². The first-order valence-corrected chi connectivity index (χ1v) is 9.66. The van der Waals surface area contributed by atoms with E-state index in [2.05, 4.69) is 25.5 Å². The molecular weight excluding hydrogens is 392 g/mol. The van der Waals surface area contributed by atoms with Crippen LogP contribution < -0.4 is 10.6 Å². The van der Waals surface area contributed by atoms with Crippen LogP contribution in [-0.4, -0.2) is 71.8 Å². The van der Waals surface area contributed by atoms with E-state index in [1.165, 1.54) is 6.33 Å². The average molecular weight is 416 g/mol. The highest BCUT2D eigenvalue weighted by molar-refractivity contribution is 5.91. The van der Waals surface area contributed by atoms with E-state index in [-0.39, 0.29) is 23.9 Å². The minimum Gasteiger partial charge on any atom is -0.462 e. The summed E-state index contributed by atoms with van der Waals surface area (Å²) in [7, 11) is 0. The molecule has 0 radical (unpaired) electrons. The second-order valence-electron chi connectivity index (χ2n) is 6.48. The van der Waals surface area contributed by atoms with Crippen molar-refractivity contribution in [3.63, 3.8) is 0 Å². The van der Waals surface area contributed by atoms with Crippen molar-refractivity contribution in [1.82, 2.24) is 14.9 Å². The third-order valence-corrected chi connectivity index (χ3v) is 4.47. The minimum absolute atomic E-state index is 0.0323. The number of nitrogens with zero attached hydrogens (tertiary/aromatic N) is 4. The molecule has 30 heavy (non-hydrogen) atoms. The highest BCUT2D eigenvalue weighted by atomic mass is 16.6. The van der Waals surface area contributed by atoms with Gasteiger partial charge < -0.3 is 20.1 Å². The van der Waals surface area contributed by atoms with E-state index in [0.717, 1.165) is 19.6 Å². The molecule has 0 spiro atoms. The zero-order valence-electron chi connectivity index (χ0n) is 16.7. The van der Waals surface area contributed by atoms with Gasteiger partial charge in [-0.2, -0.15) is 0 Å². The van der Waals surface area contributed by atoms with Gasteiger partial charge in [0, 0.05) is 31.9 Å². The number of ether oxygens (including phenoxy) is 2. The summed E-state index contributed by atoms with van der Waals surface area (Å²) >= 11 is 0. The van der Waals surface area contributed by atoms with Crippen molar-refractivity contribution in [2.75, 3.05) is 56.6 Å². The zero-order valence-corrected chi connectivity index (χ0v) is 16.7. The van der Waals surface area contributed by atoms with Gasteiger partial charge in [0.25, 0.3) is 0 Å². The van der Waals surface area contributed by atoms with E-state index in [4.69, 9.17) is 9.47 Å². The van der Waals surface area contributed by atoms with Crippen LogP contribution in [0.25, 0.3) is 0 Å². The van der Waals surface area contributed by atoms with Crippen molar-refractivity contribution in [2.24, 2.45) is 0 Å². The van der Waals surface area contributed by atoms with Gasteiger partial charge in [0.05, 0.1) is 30.3 Å². The third kappa shape index (κ3) is 5.61. The van der Waals surface area contributed by atoms with E-state index >= 15 is 0 Å². The van der Waals surface area contributed by atoms with Crippen LogP contribution in [0.2, 0.25) is 0 Å². The van der Waals surface area contributed by atoms with Crippen LogP contribution in [0.4, 0.5) is 23.0 Å². The van der Waals surface area contributed by atoms with E-state index in [0.29, 0.717) is 31.0 Å². The Morgan fingerprint density at radius 2 is 2.07 bits per heavy atom. The molecule has 2 aromatic rings. The Hall–Kier alpha value is -3.31. The Balaban J connectivity index is 1.73. The zero-order chi connectivity index (χ0) is 21.3. The smallest absolute Gasteiger partial charge is 0.353 e. The van der Waals surface area contributed by atoms with Crippen molar-refractivity contribution >= 4 is 29.0 Å². The summed E-state index contributed by atoms with van der Waals surface area (Å²) in [6, 6.07) is 6.49. The van der Waals surface area contributed by atoms with Crippen LogP contribution >= 0.6 is 0 Å². The van der Waals surface area contributed by atoms with Gasteiger partial charge in [0.15, 0.2) is 0 Å². The standard InChI is InChI=1S/C19H24N6O5/c1-2-30-19(26)14-4-3-5-15(12-14)23-18-16(25(27)28)17(21-13-22-18)20-6-7-24-8-10-29-11-9-24/h3-5,12-13H,2,6-11H2,1H3,(H2,20,21,22,23). The first-order valence-electron chi connectivity index (χ1n) is 9.66. The molecule has 11 nitrogen and oxygen atoms in total. The van der Waals surface area contributed by atoms with E-state index in [1.807, 2.05) is 0 Å². The molecule has 0 bridgehead atoms. The molecule has 0 amide bonds. The van der Waals surface area contributed by atoms with Crippen LogP contribution in [0.15, 0.2) is 30.6 Å². The number of carbonyl (C=O) groups excluding carboxylic acids is 1. The van der Waals surface area contributed by atoms with Crippen LogP contribution in [0.1, 0.15) is 17.3 Å². The number of nitro groups is 1. The fourth-order valence-corrected chi connectivity index (χ4v) is 3.00. The number of rotatable bonds is 9. The fraction of sp³-hybridized carbons (Fsp3) is 0.421. The van der Waals surface area contributed by atoms with Crippen molar-refractivity contribution in [3.05, 3.63) is 46.3 Å². The summed E-state index contributed by atoms with van der Waals surface area (Å²) < 4.78 is 10.3. The van der Waals surface area contributed by atoms with Crippen LogP contribution in [0, 0.1) is 10.1 Å². The number of hydrogen-bond donors (Lipinski definition) is 2. The van der Waals surface area contributed by atoms with Gasteiger partial charge in [-0.1, -0.05) is 6.07 Å². The van der Waals surface area contributed by atoms with Gasteiger partial charge in [-0.15, -0.1) is 0 Å². The molecule has 1 saturated heterocycles. The van der Waals surface area contributed by atoms with Gasteiger partial charge >= 0.3 is 11.7 Å². The SMILES string of the molecule is CCOC(=O)c1cccc(Nc2ncnc(NCCN3CCOCC3)c2[N+](=O)[O-])c1. The van der Waals surface area contributed by atoms with Crippen molar-refractivity contribution < 1.29 is 19.2 Å². The quantitative estimate of drug-likeness (QED) is 0.355. The lowest BCUT2D eigenvalue weighted by molar-refractivity contribution is -0.383. The number of esters is 1. The fourth-order valence-electron chi connectivity index (χ4n) is 3.00. The number of benzene rings is 1. The van der Waals surface area contributed by atoms with Crippen LogP contribution in [-0.2, 0) is 9.47 Å². The number of hydrogen-bond acceptors (Lipinski definition) is 10. The molecule has 0 saturated carbocycles. The first kappa shape index (κ1) is 21.4. The molecule has 0 unspecified atom stereocenters. The number of carbonyl (C=O) groups is 1. The molecule has 11 heteroatoms. The van der Waals surface area contributed by atoms with Crippen molar-refractivity contribution in [3.8, 4) is 0 Å². The molecule has 0 aliphatic carbocycles. The average Bonchev–Trinajstić information content (AvgIpc) is 2.75. The van der Waals surface area contributed by atoms with Gasteiger partial charge in [-0.05, 0) is 25.1 Å². The highest BCUT2D eigenvalue weighted by Crippen LogP contribution is 2.31. The predicted molar refractivity (Wildman–Crippen MR) is 110 cm³/mol. The largest absolute Gasteiger partial charge is 0.462 e. The molecule has 1 aliphatic heterocycles. The molecule has 1 aromatic carbocycles. The number of morpholine rings is 1. The summed E-state index contributed by atoms with van der Waals surface area (Å²) in [5, 5.41) is 17.6. The maximum atomic E-state index is 11.9. The maximum absolute atomic E-state index is 11.9. The number of nitrogens with one attached hydrogen (secondary N) is 2. The number of anilines is 3. The second-order valence-corrected chi connectivity index (χ2v) is 6.48. The van der Waals surface area contributed by atoms with E-state index in [1.54, 1.807) is 31.2 Å². The topological polar surface area (TPSA) is 132 Å². The Morgan fingerprint density at radius 3 is 2.80 bits per heavy atom. The lowest BCUT2D eigenvalue weighted by atomic mass is 10.2. The van der Waals surface area contributed by atoms with Gasteiger partial charge in [0.1, 0.15) is 6.33 Å². The summed E-state index contributed by atoms with van der Waals surface area (Å²) in [4.78, 5) is 33.4.